The Morgan fingerprint density at radius 2 is 2.12 bits per heavy atom. The molecule has 1 N–H and O–H groups in total. The third-order valence-electron chi connectivity index (χ3n) is 2.05. The van der Waals surface area contributed by atoms with Crippen LogP contribution in [0, 0.1) is 0 Å². The Morgan fingerprint density at radius 1 is 1.53 bits per heavy atom. The van der Waals surface area contributed by atoms with Crippen LogP contribution in [0.15, 0.2) is 36.0 Å². The number of rotatable bonds is 4. The van der Waals surface area contributed by atoms with Crippen LogP contribution in [0.25, 0.3) is 0 Å². The zero-order valence-electron chi connectivity index (χ0n) is 9.47. The van der Waals surface area contributed by atoms with Crippen LogP contribution in [0.1, 0.15) is 0 Å². The fourth-order valence-electron chi connectivity index (χ4n) is 1.49. The number of hydrogen-bond donors (Lipinski definition) is 1. The second-order valence-corrected chi connectivity index (χ2v) is 5.83. The molecule has 7 heteroatoms. The van der Waals surface area contributed by atoms with Gasteiger partial charge in [-0.25, -0.2) is 13.4 Å². The van der Waals surface area contributed by atoms with E-state index in [-0.39, 0.29) is 5.57 Å². The topological polar surface area (TPSA) is 66.5 Å². The summed E-state index contributed by atoms with van der Waals surface area (Å²) >= 11 is 5.37. The van der Waals surface area contributed by atoms with Crippen LogP contribution in [0.5, 0.6) is 0 Å². The first kappa shape index (κ1) is 14.1. The molecule has 1 aliphatic rings. The van der Waals surface area contributed by atoms with Gasteiger partial charge in [0.25, 0.3) is 0 Å². The lowest BCUT2D eigenvalue weighted by Gasteiger charge is -2.23. The highest BCUT2D eigenvalue weighted by atomic mass is 35.5. The Bertz CT molecular complexity index is 506. The van der Waals surface area contributed by atoms with Crippen molar-refractivity contribution in [1.29, 1.82) is 0 Å². The van der Waals surface area contributed by atoms with E-state index in [9.17, 15) is 13.2 Å². The molecule has 0 saturated carbocycles. The van der Waals surface area contributed by atoms with Crippen LogP contribution in [-0.4, -0.2) is 38.0 Å². The molecule has 0 saturated heterocycles. The quantitative estimate of drug-likeness (QED) is 0.602. The first-order chi connectivity index (χ1) is 7.75. The summed E-state index contributed by atoms with van der Waals surface area (Å²) in [6, 6.07) is 0. The van der Waals surface area contributed by atoms with Crippen molar-refractivity contribution in [1.82, 2.24) is 9.84 Å². The number of hydrogen-bond acceptors (Lipinski definition) is 4. The van der Waals surface area contributed by atoms with Gasteiger partial charge in [0.1, 0.15) is 5.25 Å². The summed E-state index contributed by atoms with van der Waals surface area (Å²) in [6.07, 6.45) is 4.45. The number of sulfonamides is 1. The van der Waals surface area contributed by atoms with E-state index in [1.165, 1.54) is 31.3 Å². The normalized spacial score (nSPS) is 20.6. The zero-order valence-corrected chi connectivity index (χ0v) is 11.0. The number of carbonyl (C=O) groups is 1. The Morgan fingerprint density at radius 3 is 2.59 bits per heavy atom. The molecule has 0 heterocycles. The number of halogens is 1. The van der Waals surface area contributed by atoms with Crippen molar-refractivity contribution in [3.63, 3.8) is 0 Å². The van der Waals surface area contributed by atoms with E-state index in [0.717, 1.165) is 0 Å². The van der Waals surface area contributed by atoms with Gasteiger partial charge in [-0.2, -0.15) is 0 Å². The molecule has 0 aliphatic heterocycles. The summed E-state index contributed by atoms with van der Waals surface area (Å²) < 4.78 is 24.0. The minimum atomic E-state index is -3.77. The van der Waals surface area contributed by atoms with Crippen molar-refractivity contribution >= 4 is 26.9 Å². The Labute approximate surface area is 105 Å². The number of nitrogens with one attached hydrogen (secondary N) is 1. The van der Waals surface area contributed by atoms with Gasteiger partial charge in [-0.3, -0.25) is 4.79 Å². The smallest absolute Gasteiger partial charge is 0.250 e. The first-order valence-electron chi connectivity index (χ1n) is 4.71. The molecule has 5 nitrogen and oxygen atoms in total. The maximum absolute atomic E-state index is 12.0. The van der Waals surface area contributed by atoms with E-state index in [1.54, 1.807) is 6.08 Å². The highest BCUT2D eigenvalue weighted by molar-refractivity contribution is 7.90. The molecule has 1 unspecified atom stereocenters. The highest BCUT2D eigenvalue weighted by Gasteiger charge is 2.35. The van der Waals surface area contributed by atoms with Gasteiger partial charge in [0, 0.05) is 19.7 Å². The summed E-state index contributed by atoms with van der Waals surface area (Å²) in [7, 11) is -0.709. The van der Waals surface area contributed by atoms with Gasteiger partial charge in [-0.15, -0.1) is 4.83 Å². The van der Waals surface area contributed by atoms with Gasteiger partial charge >= 0.3 is 0 Å². The fourth-order valence-corrected chi connectivity index (χ4v) is 3.34. The largest absolute Gasteiger partial charge is 0.276 e. The molecular formula is C10H13ClN2O3S. The Kier molecular flexibility index (Phi) is 4.26. The van der Waals surface area contributed by atoms with Crippen LogP contribution >= 0.6 is 11.6 Å². The average molecular weight is 277 g/mol. The third-order valence-corrected chi connectivity index (χ3v) is 4.07. The first-order valence-corrected chi connectivity index (χ1v) is 6.63. The minimum absolute atomic E-state index is 0.00600. The van der Waals surface area contributed by atoms with Gasteiger partial charge < -0.3 is 0 Å². The predicted molar refractivity (Wildman–Crippen MR) is 66.8 cm³/mol. The molecule has 1 aliphatic carbocycles. The van der Waals surface area contributed by atoms with Crippen LogP contribution in [0.2, 0.25) is 0 Å². The SMILES string of the molecule is C=C1C=CC=C(C(=O)Cl)C1S(=O)(=O)NN(C)C. The van der Waals surface area contributed by atoms with Crippen molar-refractivity contribution in [2.45, 2.75) is 5.25 Å². The molecule has 1 atom stereocenters. The van der Waals surface area contributed by atoms with Gasteiger partial charge in [-0.05, 0) is 17.2 Å². The lowest BCUT2D eigenvalue weighted by Crippen LogP contribution is -2.44. The number of carbonyl (C=O) groups excluding carboxylic acids is 1. The summed E-state index contributed by atoms with van der Waals surface area (Å²) in [6.45, 7) is 3.63. The lowest BCUT2D eigenvalue weighted by molar-refractivity contribution is -0.108. The highest BCUT2D eigenvalue weighted by Crippen LogP contribution is 2.25. The van der Waals surface area contributed by atoms with Crippen LogP contribution in [0.4, 0.5) is 0 Å². The van der Waals surface area contributed by atoms with Gasteiger partial charge in [0.2, 0.25) is 15.3 Å². The third kappa shape index (κ3) is 3.26. The second-order valence-electron chi connectivity index (χ2n) is 3.74. The Hall–Kier alpha value is -0.950. The van der Waals surface area contributed by atoms with Crippen LogP contribution in [0.3, 0.4) is 0 Å². The monoisotopic (exact) mass is 276 g/mol. The molecule has 94 valence electrons. The maximum atomic E-state index is 12.0. The second kappa shape index (κ2) is 5.14. The van der Waals surface area contributed by atoms with E-state index >= 15 is 0 Å². The predicted octanol–water partition coefficient (Wildman–Crippen LogP) is 0.569. The van der Waals surface area contributed by atoms with E-state index in [2.05, 4.69) is 11.4 Å². The standard InChI is InChI=1S/C10H13ClN2O3S/c1-7-5-4-6-8(10(11)14)9(7)17(15,16)12-13(2)3/h4-6,9,12H,1H2,2-3H3. The molecule has 0 radical (unpaired) electrons. The van der Waals surface area contributed by atoms with Crippen molar-refractivity contribution in [2.75, 3.05) is 14.1 Å². The van der Waals surface area contributed by atoms with Crippen LogP contribution < -0.4 is 4.83 Å². The molecular weight excluding hydrogens is 264 g/mol. The van der Waals surface area contributed by atoms with E-state index in [1.807, 2.05) is 0 Å². The number of allylic oxidation sites excluding steroid dienone is 3. The summed E-state index contributed by atoms with van der Waals surface area (Å²) in [5.74, 6) is 0. The summed E-state index contributed by atoms with van der Waals surface area (Å²) in [5, 5.41) is -0.679. The van der Waals surface area contributed by atoms with Crippen molar-refractivity contribution in [3.05, 3.63) is 36.0 Å². The number of hydrazine groups is 1. The lowest BCUT2D eigenvalue weighted by atomic mass is 10.0. The van der Waals surface area contributed by atoms with Crippen molar-refractivity contribution < 1.29 is 13.2 Å². The zero-order chi connectivity index (χ0) is 13.2. The van der Waals surface area contributed by atoms with Crippen molar-refractivity contribution in [3.8, 4) is 0 Å². The molecule has 0 aromatic rings. The molecule has 1 rings (SSSR count). The summed E-state index contributed by atoms with van der Waals surface area (Å²) in [5.41, 5.74) is 0.291. The van der Waals surface area contributed by atoms with Gasteiger partial charge in [0.15, 0.2) is 0 Å². The molecule has 0 fully saturated rings. The van der Waals surface area contributed by atoms with E-state index in [0.29, 0.717) is 5.57 Å². The maximum Gasteiger partial charge on any atom is 0.250 e. The minimum Gasteiger partial charge on any atom is -0.276 e. The molecule has 0 bridgehead atoms. The van der Waals surface area contributed by atoms with E-state index in [4.69, 9.17) is 11.6 Å². The summed E-state index contributed by atoms with van der Waals surface area (Å²) in [4.78, 5) is 13.5. The fraction of sp³-hybridized carbons (Fsp3) is 0.300. The average Bonchev–Trinajstić information content (AvgIpc) is 2.14. The number of nitrogens with zero attached hydrogens (tertiary/aromatic N) is 1. The molecule has 17 heavy (non-hydrogen) atoms. The van der Waals surface area contributed by atoms with Crippen LogP contribution in [-0.2, 0) is 14.8 Å². The molecule has 0 aromatic heterocycles. The van der Waals surface area contributed by atoms with E-state index < -0.39 is 20.5 Å². The molecule has 0 aromatic carbocycles. The van der Waals surface area contributed by atoms with Gasteiger partial charge in [0.05, 0.1) is 0 Å². The molecule has 0 spiro atoms. The Balaban J connectivity index is 3.18. The molecule has 0 amide bonds. The van der Waals surface area contributed by atoms with Crippen molar-refractivity contribution in [2.24, 2.45) is 0 Å². The van der Waals surface area contributed by atoms with Gasteiger partial charge in [-0.1, -0.05) is 24.8 Å².